The number of rotatable bonds is 6. The first-order chi connectivity index (χ1) is 21.8. The third-order valence-electron chi connectivity index (χ3n) is 9.52. The standard InChI is InChI=1S/C33H25BrFN3O5S2/c34-16-4-10-19(11-5-16)38-31(40)26-21-13-22(27(26)32(38)41)28-25(21)24(29-30(44-28)37-33(42)45-29)15-2-1-3-20(12-15)43-14-23(39)36-18-8-6-17(35)7-9-18/h1-12,21-22,24-28H,13-14H2,(H,36,39)(H,37,42)/t21-,22-,24-,25?,26?,27?,28?/m1/s1. The summed E-state index contributed by atoms with van der Waals surface area (Å²) in [5, 5.41) is 3.58. The lowest BCUT2D eigenvalue weighted by Crippen LogP contribution is -2.42. The van der Waals surface area contributed by atoms with Crippen LogP contribution in [0.15, 0.2) is 87.1 Å². The minimum atomic E-state index is -0.401. The zero-order chi connectivity index (χ0) is 31.0. The Morgan fingerprint density at radius 3 is 2.49 bits per heavy atom. The molecule has 8 rings (SSSR count). The molecule has 2 N–H and O–H groups in total. The van der Waals surface area contributed by atoms with Gasteiger partial charge in [-0.1, -0.05) is 39.4 Å². The molecule has 7 atom stereocenters. The number of thioether (sulfide) groups is 1. The number of carbonyl (C=O) groups excluding carboxylic acids is 3. The highest BCUT2D eigenvalue weighted by Gasteiger charge is 2.69. The van der Waals surface area contributed by atoms with Crippen molar-refractivity contribution in [3.8, 4) is 5.75 Å². The van der Waals surface area contributed by atoms with Gasteiger partial charge in [0.2, 0.25) is 11.8 Å². The minimum Gasteiger partial charge on any atom is -0.484 e. The van der Waals surface area contributed by atoms with Crippen molar-refractivity contribution in [1.29, 1.82) is 0 Å². The Hall–Kier alpha value is -3.74. The number of thiazole rings is 1. The molecule has 12 heteroatoms. The van der Waals surface area contributed by atoms with E-state index in [1.165, 1.54) is 40.5 Å². The monoisotopic (exact) mass is 705 g/mol. The molecule has 3 amide bonds. The Kier molecular flexibility index (Phi) is 6.99. The number of anilines is 2. The zero-order valence-electron chi connectivity index (χ0n) is 23.4. The molecule has 0 spiro atoms. The van der Waals surface area contributed by atoms with E-state index in [0.29, 0.717) is 17.1 Å². The van der Waals surface area contributed by atoms with Gasteiger partial charge in [-0.2, -0.15) is 0 Å². The fourth-order valence-electron chi connectivity index (χ4n) is 7.91. The first kappa shape index (κ1) is 28.7. The summed E-state index contributed by atoms with van der Waals surface area (Å²) in [5.74, 6) is -1.46. The minimum absolute atomic E-state index is 0.0144. The summed E-state index contributed by atoms with van der Waals surface area (Å²) in [6.45, 7) is -0.243. The molecule has 1 saturated heterocycles. The Morgan fingerprint density at radius 2 is 1.73 bits per heavy atom. The second-order valence-corrected chi connectivity index (χ2v) is 15.0. The van der Waals surface area contributed by atoms with E-state index in [1.807, 2.05) is 30.3 Å². The first-order valence-electron chi connectivity index (χ1n) is 14.6. The summed E-state index contributed by atoms with van der Waals surface area (Å²) in [5.41, 5.74) is 1.99. The third kappa shape index (κ3) is 4.76. The molecule has 8 nitrogen and oxygen atoms in total. The first-order valence-corrected chi connectivity index (χ1v) is 17.1. The van der Waals surface area contributed by atoms with Gasteiger partial charge in [-0.15, -0.1) is 11.8 Å². The van der Waals surface area contributed by atoms with Crippen molar-refractivity contribution in [3.05, 3.63) is 103 Å². The van der Waals surface area contributed by atoms with Crippen LogP contribution < -0.4 is 19.8 Å². The van der Waals surface area contributed by atoms with E-state index < -0.39 is 11.7 Å². The fourth-order valence-corrected chi connectivity index (χ4v) is 11.1. The van der Waals surface area contributed by atoms with E-state index in [4.69, 9.17) is 4.74 Å². The summed E-state index contributed by atoms with van der Waals surface area (Å²) in [4.78, 5) is 58.1. The number of fused-ring (bicyclic) bond motifs is 9. The number of H-pyrrole nitrogens is 1. The number of aromatic nitrogens is 1. The van der Waals surface area contributed by atoms with Crippen molar-refractivity contribution in [1.82, 2.24) is 4.98 Å². The maximum Gasteiger partial charge on any atom is 0.305 e. The van der Waals surface area contributed by atoms with Gasteiger partial charge in [0.15, 0.2) is 6.61 Å². The van der Waals surface area contributed by atoms with Crippen molar-refractivity contribution in [3.63, 3.8) is 0 Å². The number of benzene rings is 3. The van der Waals surface area contributed by atoms with E-state index in [1.54, 1.807) is 30.0 Å². The summed E-state index contributed by atoms with van der Waals surface area (Å²) in [6.07, 6.45) is 0.790. The lowest BCUT2D eigenvalue weighted by Gasteiger charge is -2.43. The van der Waals surface area contributed by atoms with Crippen LogP contribution in [-0.4, -0.2) is 34.6 Å². The van der Waals surface area contributed by atoms with Gasteiger partial charge < -0.3 is 15.0 Å². The Bertz CT molecular complexity index is 1910. The predicted molar refractivity (Wildman–Crippen MR) is 172 cm³/mol. The molecular weight excluding hydrogens is 681 g/mol. The molecule has 3 aromatic carbocycles. The quantitative estimate of drug-likeness (QED) is 0.237. The van der Waals surface area contributed by atoms with Gasteiger partial charge in [0, 0.05) is 26.2 Å². The molecule has 4 unspecified atom stereocenters. The van der Waals surface area contributed by atoms with Gasteiger partial charge in [0.1, 0.15) is 11.6 Å². The van der Waals surface area contributed by atoms with E-state index in [2.05, 4.69) is 26.2 Å². The summed E-state index contributed by atoms with van der Waals surface area (Å²) in [7, 11) is 0. The normalized spacial score (nSPS) is 27.7. The molecule has 2 bridgehead atoms. The van der Waals surface area contributed by atoms with Crippen LogP contribution in [0, 0.1) is 35.4 Å². The third-order valence-corrected chi connectivity index (χ3v) is 12.6. The maximum absolute atomic E-state index is 13.9. The number of halogens is 2. The second kappa shape index (κ2) is 11.0. The Morgan fingerprint density at radius 1 is 1.00 bits per heavy atom. The number of hydrogen-bond donors (Lipinski definition) is 2. The van der Waals surface area contributed by atoms with Crippen molar-refractivity contribution in [2.45, 2.75) is 22.6 Å². The Balaban J connectivity index is 1.08. The van der Waals surface area contributed by atoms with E-state index in [0.717, 1.165) is 26.4 Å². The number of nitrogens with one attached hydrogen (secondary N) is 2. The molecule has 0 radical (unpaired) electrons. The van der Waals surface area contributed by atoms with E-state index in [9.17, 15) is 23.6 Å². The highest BCUT2D eigenvalue weighted by molar-refractivity contribution is 9.10. The molecule has 4 aliphatic rings. The van der Waals surface area contributed by atoms with Crippen molar-refractivity contribution in [2.24, 2.45) is 29.6 Å². The van der Waals surface area contributed by atoms with Crippen LogP contribution in [0.4, 0.5) is 15.8 Å². The van der Waals surface area contributed by atoms with Crippen LogP contribution in [-0.2, 0) is 14.4 Å². The predicted octanol–water partition coefficient (Wildman–Crippen LogP) is 6.03. The second-order valence-electron chi connectivity index (χ2n) is 11.9. The Labute approximate surface area is 273 Å². The molecule has 2 aliphatic heterocycles. The highest BCUT2D eigenvalue weighted by Crippen LogP contribution is 2.68. The number of hydrogen-bond acceptors (Lipinski definition) is 7. The van der Waals surface area contributed by atoms with Gasteiger partial charge in [0.05, 0.1) is 22.5 Å². The SMILES string of the molecule is O=C(COc1cccc([C@H]2c3sc(=O)[nH]c3SC3C2[C@H]2C[C@@H]3C3C(=O)N(c4ccc(Br)cc4)C(=O)C32)c1)Nc1ccc(F)cc1. The molecule has 4 aromatic rings. The van der Waals surface area contributed by atoms with Crippen molar-refractivity contribution >= 4 is 68.1 Å². The van der Waals surface area contributed by atoms with Crippen LogP contribution in [0.3, 0.4) is 0 Å². The van der Waals surface area contributed by atoms with Gasteiger partial charge in [-0.05, 0) is 90.4 Å². The maximum atomic E-state index is 13.9. The van der Waals surface area contributed by atoms with Crippen LogP contribution in [0.25, 0.3) is 0 Å². The van der Waals surface area contributed by atoms with Crippen LogP contribution in [0.5, 0.6) is 5.75 Å². The van der Waals surface area contributed by atoms with Crippen LogP contribution >= 0.6 is 39.0 Å². The summed E-state index contributed by atoms with van der Waals surface area (Å²) in [6, 6.07) is 20.3. The van der Waals surface area contributed by atoms with Crippen LogP contribution in [0.1, 0.15) is 22.8 Å². The van der Waals surface area contributed by atoms with Gasteiger partial charge in [-0.25, -0.2) is 4.39 Å². The highest BCUT2D eigenvalue weighted by atomic mass is 79.9. The molecule has 228 valence electrons. The number of amides is 3. The van der Waals surface area contributed by atoms with E-state index >= 15 is 0 Å². The smallest absolute Gasteiger partial charge is 0.305 e. The van der Waals surface area contributed by atoms with Crippen LogP contribution in [0.2, 0.25) is 0 Å². The summed E-state index contributed by atoms with van der Waals surface area (Å²) < 4.78 is 20.0. The molecular formula is C33H25BrFN3O5S2. The molecule has 1 aromatic heterocycles. The topological polar surface area (TPSA) is 109 Å². The van der Waals surface area contributed by atoms with Crippen molar-refractivity contribution in [2.75, 3.05) is 16.8 Å². The number of carbonyl (C=O) groups is 3. The zero-order valence-corrected chi connectivity index (χ0v) is 26.7. The van der Waals surface area contributed by atoms with Gasteiger partial charge in [0.25, 0.3) is 5.91 Å². The average Bonchev–Trinajstić information content (AvgIpc) is 3.77. The molecule has 2 aliphatic carbocycles. The number of ether oxygens (including phenoxy) is 1. The van der Waals surface area contributed by atoms with Crippen molar-refractivity contribution < 1.29 is 23.5 Å². The number of imide groups is 1. The average molecular weight is 707 g/mol. The molecule has 3 heterocycles. The largest absolute Gasteiger partial charge is 0.484 e. The summed E-state index contributed by atoms with van der Waals surface area (Å²) >= 11 is 6.26. The lowest BCUT2D eigenvalue weighted by atomic mass is 9.68. The molecule has 2 saturated carbocycles. The van der Waals surface area contributed by atoms with E-state index in [-0.39, 0.29) is 64.0 Å². The van der Waals surface area contributed by atoms with Gasteiger partial charge in [-0.3, -0.25) is 24.1 Å². The molecule has 3 fully saturated rings. The number of nitrogens with zero attached hydrogens (tertiary/aromatic N) is 1. The van der Waals surface area contributed by atoms with Gasteiger partial charge >= 0.3 is 4.87 Å². The lowest BCUT2D eigenvalue weighted by molar-refractivity contribution is -0.123. The number of aromatic amines is 1. The molecule has 45 heavy (non-hydrogen) atoms. The fraction of sp³-hybridized carbons (Fsp3) is 0.273.